The Morgan fingerprint density at radius 2 is 2.27 bits per heavy atom. The maximum Gasteiger partial charge on any atom is 0.108 e. The Morgan fingerprint density at radius 1 is 1.47 bits per heavy atom. The number of hydrogen-bond donors (Lipinski definition) is 1. The molecule has 0 aliphatic carbocycles. The van der Waals surface area contributed by atoms with Gasteiger partial charge >= 0.3 is 0 Å². The molecule has 0 aliphatic heterocycles. The van der Waals surface area contributed by atoms with E-state index in [-0.39, 0.29) is 0 Å². The number of aromatic nitrogens is 2. The summed E-state index contributed by atoms with van der Waals surface area (Å²) in [6.45, 7) is 5.48. The number of rotatable bonds is 7. The molecule has 0 aromatic carbocycles. The van der Waals surface area contributed by atoms with E-state index >= 15 is 0 Å². The van der Waals surface area contributed by atoms with Crippen molar-refractivity contribution in [3.8, 4) is 0 Å². The van der Waals surface area contributed by atoms with Gasteiger partial charge in [0, 0.05) is 31.4 Å². The number of nitrogens with zero attached hydrogens (tertiary/aromatic N) is 2. The van der Waals surface area contributed by atoms with Crippen LogP contribution in [0.3, 0.4) is 0 Å². The SMILES string of the molecule is CCc1nccn1CCCC(CC)NC. The average Bonchev–Trinajstić information content (AvgIpc) is 2.72. The van der Waals surface area contributed by atoms with E-state index in [1.165, 1.54) is 25.1 Å². The maximum absolute atomic E-state index is 4.32. The van der Waals surface area contributed by atoms with E-state index < -0.39 is 0 Å². The molecule has 1 atom stereocenters. The Morgan fingerprint density at radius 3 is 2.87 bits per heavy atom. The molecule has 86 valence electrons. The van der Waals surface area contributed by atoms with Crippen LogP contribution in [0.15, 0.2) is 12.4 Å². The molecule has 3 nitrogen and oxygen atoms in total. The van der Waals surface area contributed by atoms with Gasteiger partial charge in [0.1, 0.15) is 5.82 Å². The monoisotopic (exact) mass is 209 g/mol. The first-order valence-corrected chi connectivity index (χ1v) is 5.99. The van der Waals surface area contributed by atoms with Crippen molar-refractivity contribution in [2.45, 2.75) is 52.1 Å². The molecule has 3 heteroatoms. The van der Waals surface area contributed by atoms with Crippen LogP contribution in [0, 0.1) is 0 Å². The van der Waals surface area contributed by atoms with Gasteiger partial charge in [-0.3, -0.25) is 0 Å². The second-order valence-electron chi connectivity index (χ2n) is 3.93. The zero-order valence-corrected chi connectivity index (χ0v) is 10.2. The van der Waals surface area contributed by atoms with E-state index in [2.05, 4.69) is 34.9 Å². The molecule has 0 spiro atoms. The van der Waals surface area contributed by atoms with Gasteiger partial charge in [-0.25, -0.2) is 4.98 Å². The molecule has 1 aromatic rings. The third-order valence-corrected chi connectivity index (χ3v) is 2.97. The first-order chi connectivity index (χ1) is 7.31. The average molecular weight is 209 g/mol. The van der Waals surface area contributed by atoms with Crippen LogP contribution in [0.2, 0.25) is 0 Å². The second-order valence-corrected chi connectivity index (χ2v) is 3.93. The summed E-state index contributed by atoms with van der Waals surface area (Å²) < 4.78 is 2.27. The Labute approximate surface area is 92.9 Å². The van der Waals surface area contributed by atoms with Crippen LogP contribution in [-0.4, -0.2) is 22.6 Å². The standard InChI is InChI=1S/C12H23N3/c1-4-11(13-3)7-6-9-15-10-8-14-12(15)5-2/h8,10-11,13H,4-7,9H2,1-3H3. The molecule has 0 saturated carbocycles. The third kappa shape index (κ3) is 3.67. The number of nitrogens with one attached hydrogen (secondary N) is 1. The molecule has 1 heterocycles. The van der Waals surface area contributed by atoms with Crippen molar-refractivity contribution in [1.29, 1.82) is 0 Å². The van der Waals surface area contributed by atoms with Crippen molar-refractivity contribution < 1.29 is 0 Å². The first-order valence-electron chi connectivity index (χ1n) is 5.99. The molecule has 1 aromatic heterocycles. The lowest BCUT2D eigenvalue weighted by molar-refractivity contribution is 0.465. The molecule has 0 aliphatic rings. The molecule has 1 N–H and O–H groups in total. The van der Waals surface area contributed by atoms with Crippen LogP contribution in [-0.2, 0) is 13.0 Å². The summed E-state index contributed by atoms with van der Waals surface area (Å²) in [6.07, 6.45) is 8.68. The predicted octanol–water partition coefficient (Wildman–Crippen LogP) is 2.22. The first kappa shape index (κ1) is 12.2. The van der Waals surface area contributed by atoms with Crippen molar-refractivity contribution in [3.63, 3.8) is 0 Å². The van der Waals surface area contributed by atoms with Gasteiger partial charge in [-0.2, -0.15) is 0 Å². The quantitative estimate of drug-likeness (QED) is 0.746. The van der Waals surface area contributed by atoms with Crippen LogP contribution in [0.4, 0.5) is 0 Å². The zero-order valence-electron chi connectivity index (χ0n) is 10.2. The summed E-state index contributed by atoms with van der Waals surface area (Å²) >= 11 is 0. The Hall–Kier alpha value is -0.830. The van der Waals surface area contributed by atoms with Gasteiger partial charge < -0.3 is 9.88 Å². The molecule has 0 radical (unpaired) electrons. The van der Waals surface area contributed by atoms with Gasteiger partial charge in [0.15, 0.2) is 0 Å². The Kier molecular flexibility index (Phi) is 5.40. The third-order valence-electron chi connectivity index (χ3n) is 2.97. The molecule has 0 saturated heterocycles. The highest BCUT2D eigenvalue weighted by atomic mass is 15.1. The summed E-state index contributed by atoms with van der Waals surface area (Å²) in [5.74, 6) is 1.20. The smallest absolute Gasteiger partial charge is 0.108 e. The van der Waals surface area contributed by atoms with Gasteiger partial charge in [0.2, 0.25) is 0 Å². The lowest BCUT2D eigenvalue weighted by atomic mass is 10.1. The van der Waals surface area contributed by atoms with Crippen molar-refractivity contribution in [2.24, 2.45) is 0 Å². The van der Waals surface area contributed by atoms with Crippen LogP contribution >= 0.6 is 0 Å². The topological polar surface area (TPSA) is 29.9 Å². The van der Waals surface area contributed by atoms with Crippen molar-refractivity contribution >= 4 is 0 Å². The summed E-state index contributed by atoms with van der Waals surface area (Å²) in [4.78, 5) is 4.32. The summed E-state index contributed by atoms with van der Waals surface area (Å²) in [5.41, 5.74) is 0. The Bertz CT molecular complexity index is 264. The molecule has 15 heavy (non-hydrogen) atoms. The molecular weight excluding hydrogens is 186 g/mol. The minimum absolute atomic E-state index is 0.665. The van der Waals surface area contributed by atoms with Crippen LogP contribution in [0.5, 0.6) is 0 Å². The van der Waals surface area contributed by atoms with Crippen molar-refractivity contribution in [2.75, 3.05) is 7.05 Å². The van der Waals surface area contributed by atoms with Crippen LogP contribution < -0.4 is 5.32 Å². The normalized spacial score (nSPS) is 13.0. The molecule has 1 unspecified atom stereocenters. The van der Waals surface area contributed by atoms with E-state index in [9.17, 15) is 0 Å². The summed E-state index contributed by atoms with van der Waals surface area (Å²) in [5, 5.41) is 3.34. The van der Waals surface area contributed by atoms with E-state index in [0.717, 1.165) is 13.0 Å². The maximum atomic E-state index is 4.32. The van der Waals surface area contributed by atoms with Gasteiger partial charge in [-0.1, -0.05) is 13.8 Å². The fraction of sp³-hybridized carbons (Fsp3) is 0.750. The minimum atomic E-state index is 0.665. The van der Waals surface area contributed by atoms with Crippen LogP contribution in [0.25, 0.3) is 0 Å². The van der Waals surface area contributed by atoms with E-state index in [1.54, 1.807) is 0 Å². The second kappa shape index (κ2) is 6.62. The zero-order chi connectivity index (χ0) is 11.1. The summed E-state index contributed by atoms with van der Waals surface area (Å²) in [6, 6.07) is 0.665. The molecule has 1 rings (SSSR count). The fourth-order valence-electron chi connectivity index (χ4n) is 1.92. The van der Waals surface area contributed by atoms with Crippen LogP contribution in [0.1, 0.15) is 38.9 Å². The lowest BCUT2D eigenvalue weighted by Gasteiger charge is -2.14. The number of hydrogen-bond acceptors (Lipinski definition) is 2. The highest BCUT2D eigenvalue weighted by Gasteiger charge is 2.04. The van der Waals surface area contributed by atoms with Crippen molar-refractivity contribution in [3.05, 3.63) is 18.2 Å². The highest BCUT2D eigenvalue weighted by Crippen LogP contribution is 2.05. The Balaban J connectivity index is 2.31. The van der Waals surface area contributed by atoms with E-state index in [1.807, 2.05) is 13.2 Å². The minimum Gasteiger partial charge on any atom is -0.335 e. The molecule has 0 fully saturated rings. The van der Waals surface area contributed by atoms with Gasteiger partial charge in [0.05, 0.1) is 0 Å². The molecule has 0 amide bonds. The van der Waals surface area contributed by atoms with Crippen molar-refractivity contribution in [1.82, 2.24) is 14.9 Å². The van der Waals surface area contributed by atoms with E-state index in [4.69, 9.17) is 0 Å². The van der Waals surface area contributed by atoms with Gasteiger partial charge in [0.25, 0.3) is 0 Å². The highest BCUT2D eigenvalue weighted by molar-refractivity contribution is 4.91. The molecular formula is C12H23N3. The number of imidazole rings is 1. The fourth-order valence-corrected chi connectivity index (χ4v) is 1.92. The predicted molar refractivity (Wildman–Crippen MR) is 64.0 cm³/mol. The lowest BCUT2D eigenvalue weighted by Crippen LogP contribution is -2.24. The van der Waals surface area contributed by atoms with Gasteiger partial charge in [-0.15, -0.1) is 0 Å². The molecule has 0 bridgehead atoms. The summed E-state index contributed by atoms with van der Waals surface area (Å²) in [7, 11) is 2.04. The van der Waals surface area contributed by atoms with E-state index in [0.29, 0.717) is 6.04 Å². The largest absolute Gasteiger partial charge is 0.335 e. The number of aryl methyl sites for hydroxylation is 2. The van der Waals surface area contributed by atoms with Gasteiger partial charge in [-0.05, 0) is 26.3 Å².